The predicted octanol–water partition coefficient (Wildman–Crippen LogP) is 2.15. The van der Waals surface area contributed by atoms with Crippen LogP contribution in [0.4, 0.5) is 4.39 Å². The zero-order valence-electron chi connectivity index (χ0n) is 12.9. The van der Waals surface area contributed by atoms with Crippen molar-refractivity contribution in [1.82, 2.24) is 15.1 Å². The van der Waals surface area contributed by atoms with E-state index < -0.39 is 5.60 Å². The Hall–Kier alpha value is -2.21. The SMILES string of the molecule is CC(C)C(C)(O)CNC(=O)c1ccn(-c2cccc(F)c2)n1. The average Bonchev–Trinajstić information content (AvgIpc) is 2.94. The second-order valence-electron chi connectivity index (χ2n) is 5.82. The Morgan fingerprint density at radius 2 is 2.18 bits per heavy atom. The molecule has 0 fully saturated rings. The van der Waals surface area contributed by atoms with Crippen LogP contribution in [0.3, 0.4) is 0 Å². The highest BCUT2D eigenvalue weighted by Gasteiger charge is 2.25. The molecule has 118 valence electrons. The molecule has 0 aliphatic heterocycles. The van der Waals surface area contributed by atoms with E-state index >= 15 is 0 Å². The monoisotopic (exact) mass is 305 g/mol. The van der Waals surface area contributed by atoms with Crippen molar-refractivity contribution >= 4 is 5.91 Å². The maximum absolute atomic E-state index is 13.2. The standard InChI is InChI=1S/C16H20FN3O2/c1-11(2)16(3,22)10-18-15(21)14-7-8-20(19-14)13-6-4-5-12(17)9-13/h4-9,11,22H,10H2,1-3H3,(H,18,21). The molecule has 0 aliphatic carbocycles. The first-order chi connectivity index (χ1) is 10.3. The molecule has 1 aromatic carbocycles. The predicted molar refractivity (Wildman–Crippen MR) is 81.3 cm³/mol. The van der Waals surface area contributed by atoms with E-state index in [4.69, 9.17) is 0 Å². The van der Waals surface area contributed by atoms with Crippen LogP contribution in [0, 0.1) is 11.7 Å². The molecule has 1 aromatic heterocycles. The third kappa shape index (κ3) is 3.71. The van der Waals surface area contributed by atoms with Crippen molar-refractivity contribution in [2.75, 3.05) is 6.54 Å². The Labute approximate surface area is 128 Å². The number of hydrogen-bond acceptors (Lipinski definition) is 3. The lowest BCUT2D eigenvalue weighted by Crippen LogP contribution is -2.44. The fraction of sp³-hybridized carbons (Fsp3) is 0.375. The molecule has 0 saturated carbocycles. The summed E-state index contributed by atoms with van der Waals surface area (Å²) in [5, 5.41) is 16.9. The summed E-state index contributed by atoms with van der Waals surface area (Å²) in [5.74, 6) is -0.735. The maximum Gasteiger partial charge on any atom is 0.271 e. The number of benzene rings is 1. The number of hydrogen-bond donors (Lipinski definition) is 2. The van der Waals surface area contributed by atoms with Crippen LogP contribution in [0.15, 0.2) is 36.5 Å². The van der Waals surface area contributed by atoms with Gasteiger partial charge in [0.2, 0.25) is 0 Å². The fourth-order valence-electron chi connectivity index (χ4n) is 1.76. The van der Waals surface area contributed by atoms with Gasteiger partial charge in [-0.05, 0) is 37.1 Å². The Balaban J connectivity index is 2.07. The highest BCUT2D eigenvalue weighted by molar-refractivity contribution is 5.92. The molecule has 0 radical (unpaired) electrons. The molecule has 1 heterocycles. The van der Waals surface area contributed by atoms with Gasteiger partial charge < -0.3 is 10.4 Å². The van der Waals surface area contributed by atoms with Gasteiger partial charge >= 0.3 is 0 Å². The molecule has 0 bridgehead atoms. The van der Waals surface area contributed by atoms with Gasteiger partial charge in [0, 0.05) is 12.7 Å². The van der Waals surface area contributed by atoms with E-state index in [1.165, 1.54) is 16.8 Å². The van der Waals surface area contributed by atoms with E-state index in [1.807, 2.05) is 13.8 Å². The highest BCUT2D eigenvalue weighted by atomic mass is 19.1. The van der Waals surface area contributed by atoms with Crippen LogP contribution in [0.1, 0.15) is 31.3 Å². The summed E-state index contributed by atoms with van der Waals surface area (Å²) in [6.07, 6.45) is 1.59. The number of amides is 1. The lowest BCUT2D eigenvalue weighted by Gasteiger charge is -2.27. The summed E-state index contributed by atoms with van der Waals surface area (Å²) in [5.41, 5.74) is -0.238. The second-order valence-corrected chi connectivity index (χ2v) is 5.82. The summed E-state index contributed by atoms with van der Waals surface area (Å²) in [6.45, 7) is 5.56. The van der Waals surface area contributed by atoms with Crippen molar-refractivity contribution in [3.63, 3.8) is 0 Å². The minimum Gasteiger partial charge on any atom is -0.388 e. The average molecular weight is 305 g/mol. The van der Waals surface area contributed by atoms with Gasteiger partial charge in [-0.25, -0.2) is 9.07 Å². The molecule has 1 atom stereocenters. The van der Waals surface area contributed by atoms with Crippen LogP contribution >= 0.6 is 0 Å². The largest absolute Gasteiger partial charge is 0.388 e. The normalized spacial score (nSPS) is 13.9. The summed E-state index contributed by atoms with van der Waals surface area (Å²) in [4.78, 5) is 12.1. The smallest absolute Gasteiger partial charge is 0.271 e. The number of halogens is 1. The Morgan fingerprint density at radius 3 is 2.82 bits per heavy atom. The first kappa shape index (κ1) is 16.2. The van der Waals surface area contributed by atoms with Crippen molar-refractivity contribution in [1.29, 1.82) is 0 Å². The van der Waals surface area contributed by atoms with Crippen LogP contribution in [0.25, 0.3) is 5.69 Å². The minimum absolute atomic E-state index is 0.0117. The molecular weight excluding hydrogens is 285 g/mol. The molecule has 0 aliphatic rings. The molecule has 6 heteroatoms. The Kier molecular flexibility index (Phi) is 4.61. The number of carbonyl (C=O) groups is 1. The molecule has 0 saturated heterocycles. The van der Waals surface area contributed by atoms with Crippen molar-refractivity contribution in [2.24, 2.45) is 5.92 Å². The topological polar surface area (TPSA) is 67.2 Å². The molecule has 22 heavy (non-hydrogen) atoms. The van der Waals surface area contributed by atoms with Crippen LogP contribution in [-0.4, -0.2) is 32.9 Å². The van der Waals surface area contributed by atoms with Crippen LogP contribution in [-0.2, 0) is 0 Å². The number of aromatic nitrogens is 2. The molecule has 5 nitrogen and oxygen atoms in total. The quantitative estimate of drug-likeness (QED) is 0.889. The summed E-state index contributed by atoms with van der Waals surface area (Å²) >= 11 is 0. The first-order valence-corrected chi connectivity index (χ1v) is 7.12. The van der Waals surface area contributed by atoms with Crippen molar-refractivity contribution in [3.8, 4) is 5.69 Å². The van der Waals surface area contributed by atoms with E-state index in [9.17, 15) is 14.3 Å². The molecule has 1 unspecified atom stereocenters. The van der Waals surface area contributed by atoms with Crippen LogP contribution < -0.4 is 5.32 Å². The molecule has 2 N–H and O–H groups in total. The van der Waals surface area contributed by atoms with Crippen molar-refractivity contribution in [2.45, 2.75) is 26.4 Å². The third-order valence-corrected chi connectivity index (χ3v) is 3.75. The van der Waals surface area contributed by atoms with E-state index in [0.29, 0.717) is 5.69 Å². The maximum atomic E-state index is 13.2. The molecule has 1 amide bonds. The number of nitrogens with zero attached hydrogens (tertiary/aromatic N) is 2. The van der Waals surface area contributed by atoms with Gasteiger partial charge in [0.15, 0.2) is 5.69 Å². The van der Waals surface area contributed by atoms with Gasteiger partial charge in [0.05, 0.1) is 11.3 Å². The zero-order chi connectivity index (χ0) is 16.3. The third-order valence-electron chi connectivity index (χ3n) is 3.75. The Bertz CT molecular complexity index is 665. The molecule has 2 aromatic rings. The number of carbonyl (C=O) groups excluding carboxylic acids is 1. The number of nitrogens with one attached hydrogen (secondary N) is 1. The van der Waals surface area contributed by atoms with Gasteiger partial charge in [0.1, 0.15) is 5.82 Å². The van der Waals surface area contributed by atoms with Crippen molar-refractivity contribution in [3.05, 3.63) is 48.0 Å². The summed E-state index contributed by atoms with van der Waals surface area (Å²) in [7, 11) is 0. The van der Waals surface area contributed by atoms with E-state index in [1.54, 1.807) is 31.3 Å². The number of aliphatic hydroxyl groups is 1. The van der Waals surface area contributed by atoms with Crippen LogP contribution in [0.5, 0.6) is 0 Å². The van der Waals surface area contributed by atoms with Gasteiger partial charge in [-0.15, -0.1) is 0 Å². The number of rotatable bonds is 5. The van der Waals surface area contributed by atoms with Crippen LogP contribution in [0.2, 0.25) is 0 Å². The highest BCUT2D eigenvalue weighted by Crippen LogP contribution is 2.15. The Morgan fingerprint density at radius 1 is 1.45 bits per heavy atom. The minimum atomic E-state index is -0.985. The first-order valence-electron chi connectivity index (χ1n) is 7.12. The summed E-state index contributed by atoms with van der Waals surface area (Å²) in [6, 6.07) is 7.49. The van der Waals surface area contributed by atoms with E-state index in [0.717, 1.165) is 0 Å². The molecule has 2 rings (SSSR count). The lowest BCUT2D eigenvalue weighted by molar-refractivity contribution is 0.0142. The molecular formula is C16H20FN3O2. The van der Waals surface area contributed by atoms with Gasteiger partial charge in [-0.3, -0.25) is 4.79 Å². The van der Waals surface area contributed by atoms with E-state index in [2.05, 4.69) is 10.4 Å². The zero-order valence-corrected chi connectivity index (χ0v) is 12.9. The summed E-state index contributed by atoms with van der Waals surface area (Å²) < 4.78 is 14.6. The van der Waals surface area contributed by atoms with Gasteiger partial charge in [-0.1, -0.05) is 19.9 Å². The second kappa shape index (κ2) is 6.27. The van der Waals surface area contributed by atoms with Gasteiger partial charge in [-0.2, -0.15) is 5.10 Å². The van der Waals surface area contributed by atoms with E-state index in [-0.39, 0.29) is 29.9 Å². The lowest BCUT2D eigenvalue weighted by atomic mass is 9.92. The van der Waals surface area contributed by atoms with Gasteiger partial charge in [0.25, 0.3) is 5.91 Å². The van der Waals surface area contributed by atoms with Crippen molar-refractivity contribution < 1.29 is 14.3 Å². The molecule has 0 spiro atoms. The fourth-order valence-corrected chi connectivity index (χ4v) is 1.76.